The number of nitrogens with zero attached hydrogens (tertiary/aromatic N) is 1. The minimum atomic E-state index is -2.70. The molecule has 0 bridgehead atoms. The van der Waals surface area contributed by atoms with E-state index in [9.17, 15) is 23.7 Å². The highest BCUT2D eigenvalue weighted by Crippen LogP contribution is 2.33. The van der Waals surface area contributed by atoms with Gasteiger partial charge in [-0.05, 0) is 6.07 Å². The summed E-state index contributed by atoms with van der Waals surface area (Å²) in [6.07, 6.45) is -2.70. The van der Waals surface area contributed by atoms with Crippen molar-refractivity contribution in [2.75, 3.05) is 18.9 Å². The van der Waals surface area contributed by atoms with Crippen LogP contribution in [-0.2, 0) is 0 Å². The molecule has 0 fully saturated rings. The van der Waals surface area contributed by atoms with Crippen molar-refractivity contribution in [3.63, 3.8) is 0 Å². The number of carbonyl (C=O) groups is 1. The summed E-state index contributed by atoms with van der Waals surface area (Å²) in [4.78, 5) is 21.6. The van der Waals surface area contributed by atoms with Gasteiger partial charge < -0.3 is 10.6 Å². The first kappa shape index (κ1) is 15.1. The molecule has 1 aromatic carbocycles. The van der Waals surface area contributed by atoms with E-state index >= 15 is 0 Å². The van der Waals surface area contributed by atoms with Crippen molar-refractivity contribution in [2.24, 2.45) is 0 Å². The van der Waals surface area contributed by atoms with Crippen molar-refractivity contribution in [3.8, 4) is 0 Å². The predicted molar refractivity (Wildman–Crippen MR) is 66.0 cm³/mol. The van der Waals surface area contributed by atoms with E-state index in [4.69, 9.17) is 11.6 Å². The van der Waals surface area contributed by atoms with E-state index in [1.54, 1.807) is 0 Å². The molecule has 1 amide bonds. The number of nitrogens with one attached hydrogen (secondary N) is 2. The first-order chi connectivity index (χ1) is 8.86. The maximum absolute atomic E-state index is 12.0. The van der Waals surface area contributed by atoms with Gasteiger partial charge in [-0.3, -0.25) is 14.9 Å². The van der Waals surface area contributed by atoms with Crippen LogP contribution < -0.4 is 10.6 Å². The summed E-state index contributed by atoms with van der Waals surface area (Å²) in [6.45, 7) is -0.835. The van der Waals surface area contributed by atoms with Gasteiger partial charge in [-0.2, -0.15) is 0 Å². The lowest BCUT2D eigenvalue weighted by Crippen LogP contribution is -2.28. The zero-order valence-corrected chi connectivity index (χ0v) is 10.5. The van der Waals surface area contributed by atoms with Crippen molar-refractivity contribution in [2.45, 2.75) is 6.43 Å². The molecule has 9 heteroatoms. The second-order valence-electron chi connectivity index (χ2n) is 3.46. The Balaban J connectivity index is 3.10. The van der Waals surface area contributed by atoms with Crippen molar-refractivity contribution in [1.29, 1.82) is 0 Å². The van der Waals surface area contributed by atoms with Gasteiger partial charge in [0, 0.05) is 18.7 Å². The lowest BCUT2D eigenvalue weighted by Gasteiger charge is -2.08. The molecule has 0 aliphatic carbocycles. The smallest absolute Gasteiger partial charge is 0.294 e. The Bertz CT molecular complexity index is 511. The van der Waals surface area contributed by atoms with Crippen LogP contribution >= 0.6 is 11.6 Å². The monoisotopic (exact) mass is 293 g/mol. The SMILES string of the molecule is CNc1c(Cl)cc(C(=O)NCC(F)F)cc1[N+](=O)[O-]. The normalized spacial score (nSPS) is 10.4. The Morgan fingerprint density at radius 2 is 2.16 bits per heavy atom. The first-order valence-electron chi connectivity index (χ1n) is 5.08. The lowest BCUT2D eigenvalue weighted by molar-refractivity contribution is -0.383. The largest absolute Gasteiger partial charge is 0.381 e. The average Bonchev–Trinajstić information content (AvgIpc) is 2.34. The van der Waals surface area contributed by atoms with Gasteiger partial charge in [0.15, 0.2) is 0 Å². The zero-order valence-electron chi connectivity index (χ0n) is 9.75. The molecule has 0 aliphatic heterocycles. The molecule has 0 unspecified atom stereocenters. The summed E-state index contributed by atoms with van der Waals surface area (Å²) in [6, 6.07) is 2.14. The summed E-state index contributed by atoms with van der Waals surface area (Å²) in [5, 5.41) is 15.3. The summed E-state index contributed by atoms with van der Waals surface area (Å²) >= 11 is 5.79. The molecule has 0 aromatic heterocycles. The molecular weight excluding hydrogens is 284 g/mol. The minimum Gasteiger partial charge on any atom is -0.381 e. The molecule has 0 radical (unpaired) electrons. The van der Waals surface area contributed by atoms with Crippen LogP contribution in [0.1, 0.15) is 10.4 Å². The zero-order chi connectivity index (χ0) is 14.6. The van der Waals surface area contributed by atoms with Crippen LogP contribution in [0.25, 0.3) is 0 Å². The van der Waals surface area contributed by atoms with Gasteiger partial charge in [0.1, 0.15) is 5.69 Å². The summed E-state index contributed by atoms with van der Waals surface area (Å²) in [5.41, 5.74) is -0.509. The number of hydrogen-bond acceptors (Lipinski definition) is 4. The summed E-state index contributed by atoms with van der Waals surface area (Å²) in [7, 11) is 1.44. The molecule has 1 rings (SSSR count). The van der Waals surface area contributed by atoms with Crippen LogP contribution in [0.4, 0.5) is 20.2 Å². The number of anilines is 1. The highest BCUT2D eigenvalue weighted by Gasteiger charge is 2.21. The molecule has 2 N–H and O–H groups in total. The van der Waals surface area contributed by atoms with Gasteiger partial charge in [0.2, 0.25) is 0 Å². The third kappa shape index (κ3) is 3.75. The number of benzene rings is 1. The van der Waals surface area contributed by atoms with Crippen molar-refractivity contribution < 1.29 is 18.5 Å². The van der Waals surface area contributed by atoms with Crippen LogP contribution in [0, 0.1) is 10.1 Å². The number of amides is 1. The standard InChI is InChI=1S/C10H10ClF2N3O3/c1-14-9-6(11)2-5(3-7(9)16(18)19)10(17)15-4-8(12)13/h2-3,8,14H,4H2,1H3,(H,15,17). The van der Waals surface area contributed by atoms with E-state index in [0.717, 1.165) is 6.07 Å². The Morgan fingerprint density at radius 3 is 2.63 bits per heavy atom. The van der Waals surface area contributed by atoms with Crippen LogP contribution in [0.2, 0.25) is 5.02 Å². The van der Waals surface area contributed by atoms with Crippen molar-refractivity contribution in [1.82, 2.24) is 5.32 Å². The number of rotatable bonds is 5. The van der Waals surface area contributed by atoms with Crippen LogP contribution in [0.15, 0.2) is 12.1 Å². The van der Waals surface area contributed by atoms with Gasteiger partial charge in [-0.25, -0.2) is 8.78 Å². The second-order valence-corrected chi connectivity index (χ2v) is 3.87. The molecule has 19 heavy (non-hydrogen) atoms. The van der Waals surface area contributed by atoms with Gasteiger partial charge in [0.25, 0.3) is 18.0 Å². The highest BCUT2D eigenvalue weighted by atomic mass is 35.5. The lowest BCUT2D eigenvalue weighted by atomic mass is 10.1. The number of nitro benzene ring substituents is 1. The molecule has 0 aliphatic rings. The molecular formula is C10H10ClF2N3O3. The molecule has 1 aromatic rings. The van der Waals surface area contributed by atoms with Crippen molar-refractivity contribution in [3.05, 3.63) is 32.8 Å². The fourth-order valence-electron chi connectivity index (χ4n) is 1.39. The maximum atomic E-state index is 12.0. The van der Waals surface area contributed by atoms with Gasteiger partial charge in [0.05, 0.1) is 16.5 Å². The van der Waals surface area contributed by atoms with E-state index in [2.05, 4.69) is 5.32 Å². The molecule has 104 valence electrons. The quantitative estimate of drug-likeness (QED) is 0.644. The fourth-order valence-corrected chi connectivity index (χ4v) is 1.70. The molecule has 0 spiro atoms. The number of alkyl halides is 2. The number of carbonyl (C=O) groups excluding carboxylic acids is 1. The van der Waals surface area contributed by atoms with Gasteiger partial charge in [-0.15, -0.1) is 0 Å². The Kier molecular flexibility index (Phi) is 4.99. The second kappa shape index (κ2) is 6.28. The predicted octanol–water partition coefficient (Wildman–Crippen LogP) is 2.28. The number of nitro groups is 1. The molecule has 0 heterocycles. The Morgan fingerprint density at radius 1 is 1.53 bits per heavy atom. The third-order valence-corrected chi connectivity index (χ3v) is 2.49. The van der Waals surface area contributed by atoms with Crippen LogP contribution in [0.5, 0.6) is 0 Å². The molecule has 0 atom stereocenters. The molecule has 0 saturated heterocycles. The van der Waals surface area contributed by atoms with E-state index < -0.39 is 29.5 Å². The third-order valence-electron chi connectivity index (χ3n) is 2.20. The Labute approximate surface area is 111 Å². The van der Waals surface area contributed by atoms with Gasteiger partial charge in [-0.1, -0.05) is 11.6 Å². The average molecular weight is 294 g/mol. The van der Waals surface area contributed by atoms with E-state index in [1.165, 1.54) is 13.1 Å². The van der Waals surface area contributed by atoms with Gasteiger partial charge >= 0.3 is 0 Å². The number of halogens is 3. The van der Waals surface area contributed by atoms with E-state index in [-0.39, 0.29) is 16.3 Å². The van der Waals surface area contributed by atoms with Crippen LogP contribution in [0.3, 0.4) is 0 Å². The Hall–Kier alpha value is -1.96. The topological polar surface area (TPSA) is 84.3 Å². The molecule has 0 saturated carbocycles. The van der Waals surface area contributed by atoms with Crippen LogP contribution in [-0.4, -0.2) is 30.8 Å². The highest BCUT2D eigenvalue weighted by molar-refractivity contribution is 6.34. The molecule has 6 nitrogen and oxygen atoms in total. The van der Waals surface area contributed by atoms with E-state index in [1.807, 2.05) is 5.32 Å². The maximum Gasteiger partial charge on any atom is 0.294 e. The fraction of sp³-hybridized carbons (Fsp3) is 0.300. The summed E-state index contributed by atoms with van der Waals surface area (Å²) in [5.74, 6) is -0.854. The van der Waals surface area contributed by atoms with Crippen molar-refractivity contribution >= 4 is 28.9 Å². The minimum absolute atomic E-state index is 0.0427. The first-order valence-corrected chi connectivity index (χ1v) is 5.46. The number of hydrogen-bond donors (Lipinski definition) is 2. The summed E-state index contributed by atoms with van der Waals surface area (Å²) < 4.78 is 23.9. The van der Waals surface area contributed by atoms with E-state index in [0.29, 0.717) is 0 Å².